The maximum absolute atomic E-state index is 11.6. The topological polar surface area (TPSA) is 68.1 Å². The summed E-state index contributed by atoms with van der Waals surface area (Å²) in [7, 11) is 0. The molecular weight excluding hydrogens is 208 g/mol. The zero-order chi connectivity index (χ0) is 12.3. The fraction of sp³-hybridized carbons (Fsp3) is 0.636. The molecule has 0 radical (unpaired) electrons. The summed E-state index contributed by atoms with van der Waals surface area (Å²) in [4.78, 5) is 30.8. The molecule has 0 bridgehead atoms. The van der Waals surface area contributed by atoms with Crippen molar-refractivity contribution < 1.29 is 14.3 Å². The molecular formula is C11H16N2O3. The molecule has 16 heavy (non-hydrogen) atoms. The third-order valence-corrected chi connectivity index (χ3v) is 2.04. The Balaban J connectivity index is 2.82. The Morgan fingerprint density at radius 1 is 1.50 bits per heavy atom. The fourth-order valence-electron chi connectivity index (χ4n) is 1.17. The molecule has 1 rings (SSSR count). The zero-order valence-corrected chi connectivity index (χ0v) is 9.98. The van der Waals surface area contributed by atoms with E-state index in [4.69, 9.17) is 4.74 Å². The highest BCUT2D eigenvalue weighted by molar-refractivity contribution is 6.19. The SMILES string of the molecule is CCOC(=O)C1C=NC(C(C)(C)C)=NC1=O. The summed E-state index contributed by atoms with van der Waals surface area (Å²) in [5, 5.41) is 0. The number of aliphatic imine (C=N–C) groups is 2. The van der Waals surface area contributed by atoms with E-state index in [9.17, 15) is 9.59 Å². The van der Waals surface area contributed by atoms with Crippen molar-refractivity contribution in [1.82, 2.24) is 0 Å². The first-order valence-corrected chi connectivity index (χ1v) is 5.20. The summed E-state index contributed by atoms with van der Waals surface area (Å²) in [6.45, 7) is 7.64. The standard InChI is InChI=1S/C11H16N2O3/c1-5-16-9(15)7-6-12-10(11(2,3)4)13-8(7)14/h6-7H,5H2,1-4H3. The van der Waals surface area contributed by atoms with Crippen molar-refractivity contribution in [3.05, 3.63) is 0 Å². The number of carbonyl (C=O) groups is 2. The molecule has 0 aliphatic carbocycles. The van der Waals surface area contributed by atoms with Gasteiger partial charge in [-0.25, -0.2) is 4.99 Å². The van der Waals surface area contributed by atoms with Gasteiger partial charge in [0.1, 0.15) is 5.84 Å². The Kier molecular flexibility index (Phi) is 3.57. The summed E-state index contributed by atoms with van der Waals surface area (Å²) >= 11 is 0. The van der Waals surface area contributed by atoms with E-state index in [1.165, 1.54) is 6.21 Å². The van der Waals surface area contributed by atoms with E-state index in [0.29, 0.717) is 5.84 Å². The van der Waals surface area contributed by atoms with E-state index >= 15 is 0 Å². The molecule has 1 aliphatic heterocycles. The van der Waals surface area contributed by atoms with Crippen LogP contribution in [0.15, 0.2) is 9.98 Å². The largest absolute Gasteiger partial charge is 0.465 e. The number of rotatable bonds is 2. The second-order valence-corrected chi connectivity index (χ2v) is 4.53. The first-order chi connectivity index (χ1) is 7.36. The maximum atomic E-state index is 11.6. The van der Waals surface area contributed by atoms with Gasteiger partial charge in [0.15, 0.2) is 5.92 Å². The van der Waals surface area contributed by atoms with Crippen LogP contribution in [0.25, 0.3) is 0 Å². The molecule has 0 aromatic carbocycles. The van der Waals surface area contributed by atoms with Gasteiger partial charge in [0.2, 0.25) is 0 Å². The number of hydrogen-bond donors (Lipinski definition) is 0. The van der Waals surface area contributed by atoms with Crippen molar-refractivity contribution in [3.8, 4) is 0 Å². The fourth-order valence-corrected chi connectivity index (χ4v) is 1.17. The van der Waals surface area contributed by atoms with Crippen molar-refractivity contribution in [3.63, 3.8) is 0 Å². The molecule has 0 spiro atoms. The predicted octanol–water partition coefficient (Wildman–Crippen LogP) is 1.22. The van der Waals surface area contributed by atoms with Crippen LogP contribution < -0.4 is 0 Å². The van der Waals surface area contributed by atoms with Crippen molar-refractivity contribution in [2.45, 2.75) is 27.7 Å². The van der Waals surface area contributed by atoms with Gasteiger partial charge in [-0.05, 0) is 6.92 Å². The third kappa shape index (κ3) is 2.74. The van der Waals surface area contributed by atoms with Crippen LogP contribution in [0.3, 0.4) is 0 Å². The lowest BCUT2D eigenvalue weighted by Gasteiger charge is -2.21. The quantitative estimate of drug-likeness (QED) is 0.523. The molecule has 5 nitrogen and oxygen atoms in total. The van der Waals surface area contributed by atoms with Gasteiger partial charge in [0, 0.05) is 11.6 Å². The number of amidine groups is 1. The average molecular weight is 224 g/mol. The summed E-state index contributed by atoms with van der Waals surface area (Å²) in [5.74, 6) is -1.63. The molecule has 0 N–H and O–H groups in total. The van der Waals surface area contributed by atoms with E-state index in [-0.39, 0.29) is 12.0 Å². The van der Waals surface area contributed by atoms with Crippen LogP contribution in [-0.4, -0.2) is 30.5 Å². The van der Waals surface area contributed by atoms with Crippen LogP contribution in [0.4, 0.5) is 0 Å². The summed E-state index contributed by atoms with van der Waals surface area (Å²) < 4.78 is 4.75. The molecule has 0 saturated heterocycles. The first kappa shape index (κ1) is 12.5. The van der Waals surface area contributed by atoms with Crippen LogP contribution in [-0.2, 0) is 14.3 Å². The monoisotopic (exact) mass is 224 g/mol. The van der Waals surface area contributed by atoms with Gasteiger partial charge >= 0.3 is 5.97 Å². The number of carbonyl (C=O) groups excluding carboxylic acids is 2. The summed E-state index contributed by atoms with van der Waals surface area (Å²) in [5.41, 5.74) is -0.300. The van der Waals surface area contributed by atoms with E-state index in [1.54, 1.807) is 6.92 Å². The number of hydrogen-bond acceptors (Lipinski definition) is 4. The molecule has 1 unspecified atom stereocenters. The molecule has 1 aliphatic rings. The first-order valence-electron chi connectivity index (χ1n) is 5.20. The van der Waals surface area contributed by atoms with Gasteiger partial charge in [-0.15, -0.1) is 0 Å². The van der Waals surface area contributed by atoms with Crippen LogP contribution >= 0.6 is 0 Å². The van der Waals surface area contributed by atoms with Crippen LogP contribution in [0.5, 0.6) is 0 Å². The molecule has 1 heterocycles. The smallest absolute Gasteiger partial charge is 0.324 e. The maximum Gasteiger partial charge on any atom is 0.324 e. The van der Waals surface area contributed by atoms with E-state index in [0.717, 1.165) is 0 Å². The lowest BCUT2D eigenvalue weighted by atomic mass is 9.94. The van der Waals surface area contributed by atoms with Gasteiger partial charge in [-0.1, -0.05) is 20.8 Å². The normalized spacial score (nSPS) is 20.6. The second kappa shape index (κ2) is 4.55. The highest BCUT2D eigenvalue weighted by Gasteiger charge is 2.32. The van der Waals surface area contributed by atoms with Gasteiger partial charge < -0.3 is 4.74 Å². The van der Waals surface area contributed by atoms with Crippen molar-refractivity contribution >= 4 is 23.9 Å². The van der Waals surface area contributed by atoms with Gasteiger partial charge in [-0.3, -0.25) is 9.59 Å². The highest BCUT2D eigenvalue weighted by atomic mass is 16.5. The predicted molar refractivity (Wildman–Crippen MR) is 60.5 cm³/mol. The molecule has 1 atom stereocenters. The minimum Gasteiger partial charge on any atom is -0.465 e. The molecule has 0 fully saturated rings. The number of amides is 1. The van der Waals surface area contributed by atoms with Gasteiger partial charge in [0.25, 0.3) is 5.91 Å². The van der Waals surface area contributed by atoms with Gasteiger partial charge in [-0.2, -0.15) is 4.99 Å². The minimum atomic E-state index is -0.981. The number of esters is 1. The van der Waals surface area contributed by atoms with E-state index in [2.05, 4.69) is 9.98 Å². The highest BCUT2D eigenvalue weighted by Crippen LogP contribution is 2.20. The third-order valence-electron chi connectivity index (χ3n) is 2.04. The molecule has 0 aromatic heterocycles. The summed E-state index contributed by atoms with van der Waals surface area (Å²) in [6.07, 6.45) is 1.31. The molecule has 1 amide bonds. The lowest BCUT2D eigenvalue weighted by molar-refractivity contribution is -0.148. The Morgan fingerprint density at radius 3 is 2.56 bits per heavy atom. The van der Waals surface area contributed by atoms with Crippen molar-refractivity contribution in [1.29, 1.82) is 0 Å². The Bertz CT molecular complexity index is 364. The van der Waals surface area contributed by atoms with E-state index in [1.807, 2.05) is 20.8 Å². The second-order valence-electron chi connectivity index (χ2n) is 4.53. The number of nitrogens with zero attached hydrogens (tertiary/aromatic N) is 2. The van der Waals surface area contributed by atoms with Crippen molar-refractivity contribution in [2.75, 3.05) is 6.61 Å². The molecule has 88 valence electrons. The van der Waals surface area contributed by atoms with E-state index < -0.39 is 17.8 Å². The molecule has 0 saturated carbocycles. The van der Waals surface area contributed by atoms with Crippen LogP contribution in [0.2, 0.25) is 0 Å². The Morgan fingerprint density at radius 2 is 2.12 bits per heavy atom. The van der Waals surface area contributed by atoms with Crippen LogP contribution in [0.1, 0.15) is 27.7 Å². The lowest BCUT2D eigenvalue weighted by Crippen LogP contribution is -2.33. The van der Waals surface area contributed by atoms with Crippen LogP contribution in [0, 0.1) is 11.3 Å². The molecule has 0 aromatic rings. The summed E-state index contributed by atoms with van der Waals surface area (Å²) in [6, 6.07) is 0. The van der Waals surface area contributed by atoms with Gasteiger partial charge in [0.05, 0.1) is 6.61 Å². The molecule has 5 heteroatoms. The minimum absolute atomic E-state index is 0.242. The zero-order valence-electron chi connectivity index (χ0n) is 9.98. The Labute approximate surface area is 94.6 Å². The average Bonchev–Trinajstić information content (AvgIpc) is 2.16. The Hall–Kier alpha value is -1.52. The number of ether oxygens (including phenoxy) is 1. The van der Waals surface area contributed by atoms with Crippen molar-refractivity contribution in [2.24, 2.45) is 21.3 Å².